The van der Waals surface area contributed by atoms with Crippen LogP contribution in [0.1, 0.15) is 31.4 Å². The van der Waals surface area contributed by atoms with Gasteiger partial charge in [-0.2, -0.15) is 10.2 Å². The van der Waals surface area contributed by atoms with Crippen LogP contribution >= 0.6 is 0 Å². The molecule has 3 rings (SSSR count). The molecule has 0 radical (unpaired) electrons. The Bertz CT molecular complexity index is 590. The van der Waals surface area contributed by atoms with E-state index in [0.29, 0.717) is 11.7 Å². The molecular weight excluding hydrogens is 240 g/mol. The first-order chi connectivity index (χ1) is 9.20. The minimum atomic E-state index is 0.448. The van der Waals surface area contributed by atoms with E-state index in [9.17, 15) is 0 Å². The van der Waals surface area contributed by atoms with E-state index < -0.39 is 0 Å². The number of anilines is 1. The number of nitrogen functional groups attached to an aromatic ring is 1. The maximum Gasteiger partial charge on any atom is 0.157 e. The van der Waals surface area contributed by atoms with Crippen molar-refractivity contribution in [1.82, 2.24) is 24.9 Å². The van der Waals surface area contributed by atoms with Gasteiger partial charge in [-0.25, -0.2) is 0 Å². The second-order valence-electron chi connectivity index (χ2n) is 5.23. The van der Waals surface area contributed by atoms with Crippen molar-refractivity contribution in [2.45, 2.75) is 25.7 Å². The lowest BCUT2D eigenvalue weighted by Crippen LogP contribution is -2.34. The number of aryl methyl sites for hydroxylation is 1. The lowest BCUT2D eigenvalue weighted by molar-refractivity contribution is 0.216. The maximum absolute atomic E-state index is 6.00. The molecule has 6 nitrogen and oxygen atoms in total. The number of nitrogens with zero attached hydrogens (tertiary/aromatic N) is 5. The minimum absolute atomic E-state index is 0.448. The summed E-state index contributed by atoms with van der Waals surface area (Å²) in [6.45, 7) is 5.55. The Hall–Kier alpha value is -1.69. The molecule has 2 aromatic heterocycles. The third kappa shape index (κ3) is 2.06. The topological polar surface area (TPSA) is 72.9 Å². The zero-order valence-corrected chi connectivity index (χ0v) is 11.5. The standard InChI is InChI=1S/C13H20N6/c1-3-19-6-4-5-9(8-19)12-11-10(18(2)17-12)7-15-16-13(11)14/h7,9H,3-6,8H2,1-2H3,(H2,14,16)/t9-/m1/s1. The van der Waals surface area contributed by atoms with Crippen LogP contribution in [0.2, 0.25) is 0 Å². The summed E-state index contributed by atoms with van der Waals surface area (Å²) in [4.78, 5) is 2.47. The Labute approximate surface area is 112 Å². The van der Waals surface area contributed by atoms with Crippen molar-refractivity contribution in [2.24, 2.45) is 7.05 Å². The molecule has 0 aromatic carbocycles. The molecule has 1 aliphatic heterocycles. The van der Waals surface area contributed by atoms with Gasteiger partial charge in [0.15, 0.2) is 5.82 Å². The molecule has 1 aliphatic rings. The molecule has 19 heavy (non-hydrogen) atoms. The Morgan fingerprint density at radius 3 is 3.11 bits per heavy atom. The highest BCUT2D eigenvalue weighted by molar-refractivity contribution is 5.90. The fraction of sp³-hybridized carbons (Fsp3) is 0.615. The van der Waals surface area contributed by atoms with E-state index in [4.69, 9.17) is 5.73 Å². The maximum atomic E-state index is 6.00. The Balaban J connectivity index is 2.05. The van der Waals surface area contributed by atoms with Crippen molar-refractivity contribution < 1.29 is 0 Å². The van der Waals surface area contributed by atoms with Gasteiger partial charge < -0.3 is 10.6 Å². The van der Waals surface area contributed by atoms with Crippen LogP contribution in [0.25, 0.3) is 10.9 Å². The van der Waals surface area contributed by atoms with Crippen molar-refractivity contribution in [3.8, 4) is 0 Å². The van der Waals surface area contributed by atoms with Crippen molar-refractivity contribution in [2.75, 3.05) is 25.4 Å². The fourth-order valence-corrected chi connectivity index (χ4v) is 3.02. The van der Waals surface area contributed by atoms with Gasteiger partial charge in [-0.05, 0) is 25.9 Å². The molecule has 6 heteroatoms. The summed E-state index contributed by atoms with van der Waals surface area (Å²) in [5.74, 6) is 0.943. The second-order valence-corrected chi connectivity index (χ2v) is 5.23. The van der Waals surface area contributed by atoms with Crippen LogP contribution in [0.3, 0.4) is 0 Å². The summed E-state index contributed by atoms with van der Waals surface area (Å²) in [5.41, 5.74) is 8.06. The number of likely N-dealkylation sites (N-methyl/N-ethyl adjacent to an activating group) is 1. The zero-order valence-electron chi connectivity index (χ0n) is 11.5. The molecule has 0 aliphatic carbocycles. The van der Waals surface area contributed by atoms with E-state index in [1.54, 1.807) is 6.20 Å². The van der Waals surface area contributed by atoms with E-state index in [-0.39, 0.29) is 0 Å². The molecule has 102 valence electrons. The number of hydrogen-bond donors (Lipinski definition) is 1. The monoisotopic (exact) mass is 260 g/mol. The van der Waals surface area contributed by atoms with E-state index >= 15 is 0 Å². The van der Waals surface area contributed by atoms with E-state index in [2.05, 4.69) is 27.1 Å². The Morgan fingerprint density at radius 2 is 2.32 bits per heavy atom. The average molecular weight is 260 g/mol. The Morgan fingerprint density at radius 1 is 1.47 bits per heavy atom. The summed E-state index contributed by atoms with van der Waals surface area (Å²) in [5, 5.41) is 13.6. The van der Waals surface area contributed by atoms with Gasteiger partial charge in [0.25, 0.3) is 0 Å². The summed E-state index contributed by atoms with van der Waals surface area (Å²) >= 11 is 0. The van der Waals surface area contributed by atoms with Gasteiger partial charge in [0.05, 0.1) is 22.8 Å². The molecule has 0 amide bonds. The van der Waals surface area contributed by atoms with Crippen molar-refractivity contribution >= 4 is 16.7 Å². The average Bonchev–Trinajstić information content (AvgIpc) is 2.78. The number of aromatic nitrogens is 4. The van der Waals surface area contributed by atoms with Crippen molar-refractivity contribution in [3.05, 3.63) is 11.9 Å². The van der Waals surface area contributed by atoms with Crippen LogP contribution in [-0.2, 0) is 7.05 Å². The van der Waals surface area contributed by atoms with E-state index in [0.717, 1.165) is 29.7 Å². The number of rotatable bonds is 2. The van der Waals surface area contributed by atoms with Gasteiger partial charge in [0.1, 0.15) is 0 Å². The quantitative estimate of drug-likeness (QED) is 0.876. The molecule has 0 saturated carbocycles. The summed E-state index contributed by atoms with van der Waals surface area (Å²) in [6, 6.07) is 0. The number of nitrogens with two attached hydrogens (primary N) is 1. The molecule has 3 heterocycles. The first kappa shape index (κ1) is 12.3. The molecule has 0 spiro atoms. The van der Waals surface area contributed by atoms with Crippen molar-refractivity contribution in [3.63, 3.8) is 0 Å². The summed E-state index contributed by atoms with van der Waals surface area (Å²) in [6.07, 6.45) is 4.13. The van der Waals surface area contributed by atoms with Gasteiger partial charge in [0.2, 0.25) is 0 Å². The highest BCUT2D eigenvalue weighted by atomic mass is 15.3. The zero-order chi connectivity index (χ0) is 13.4. The predicted molar refractivity (Wildman–Crippen MR) is 74.8 cm³/mol. The van der Waals surface area contributed by atoms with Crippen LogP contribution in [0.5, 0.6) is 0 Å². The normalized spacial score (nSPS) is 21.1. The molecular formula is C13H20N6. The first-order valence-corrected chi connectivity index (χ1v) is 6.86. The van der Waals surface area contributed by atoms with E-state index in [1.165, 1.54) is 19.4 Å². The van der Waals surface area contributed by atoms with Gasteiger partial charge in [-0.3, -0.25) is 4.68 Å². The SMILES string of the molecule is CCN1CCC[C@@H](c2nn(C)c3cnnc(N)c23)C1. The third-order valence-corrected chi connectivity index (χ3v) is 4.06. The lowest BCUT2D eigenvalue weighted by Gasteiger charge is -2.31. The predicted octanol–water partition coefficient (Wildman–Crippen LogP) is 1.14. The highest BCUT2D eigenvalue weighted by Crippen LogP contribution is 2.32. The fourth-order valence-electron chi connectivity index (χ4n) is 3.02. The molecule has 0 bridgehead atoms. The minimum Gasteiger partial charge on any atom is -0.382 e. The molecule has 1 fully saturated rings. The molecule has 2 N–H and O–H groups in total. The van der Waals surface area contributed by atoms with Crippen molar-refractivity contribution in [1.29, 1.82) is 0 Å². The molecule has 1 atom stereocenters. The number of hydrogen-bond acceptors (Lipinski definition) is 5. The van der Waals surface area contributed by atoms with E-state index in [1.807, 2.05) is 11.7 Å². The summed E-state index contributed by atoms with van der Waals surface area (Å²) in [7, 11) is 1.94. The van der Waals surface area contributed by atoms with Gasteiger partial charge in [-0.15, -0.1) is 5.10 Å². The largest absolute Gasteiger partial charge is 0.382 e. The number of fused-ring (bicyclic) bond motifs is 1. The lowest BCUT2D eigenvalue weighted by atomic mass is 9.93. The highest BCUT2D eigenvalue weighted by Gasteiger charge is 2.26. The van der Waals surface area contributed by atoms with Gasteiger partial charge in [0, 0.05) is 19.5 Å². The molecule has 0 unspecified atom stereocenters. The first-order valence-electron chi connectivity index (χ1n) is 6.86. The van der Waals surface area contributed by atoms with Gasteiger partial charge >= 0.3 is 0 Å². The van der Waals surface area contributed by atoms with Crippen LogP contribution in [0, 0.1) is 0 Å². The number of piperidine rings is 1. The third-order valence-electron chi connectivity index (χ3n) is 4.06. The van der Waals surface area contributed by atoms with Crippen LogP contribution in [0.15, 0.2) is 6.20 Å². The summed E-state index contributed by atoms with van der Waals surface area (Å²) < 4.78 is 1.86. The van der Waals surface area contributed by atoms with Crippen LogP contribution < -0.4 is 5.73 Å². The van der Waals surface area contributed by atoms with Crippen LogP contribution in [-0.4, -0.2) is 44.5 Å². The second kappa shape index (κ2) is 4.77. The molecule has 2 aromatic rings. The number of likely N-dealkylation sites (tertiary alicyclic amines) is 1. The molecule has 1 saturated heterocycles. The van der Waals surface area contributed by atoms with Gasteiger partial charge in [-0.1, -0.05) is 6.92 Å². The smallest absolute Gasteiger partial charge is 0.157 e. The Kier molecular flexibility index (Phi) is 3.10. The van der Waals surface area contributed by atoms with Crippen LogP contribution in [0.4, 0.5) is 5.82 Å².